The normalized spacial score (nSPS) is 12.5. The van der Waals surface area contributed by atoms with Crippen molar-refractivity contribution in [3.8, 4) is 0 Å². The van der Waals surface area contributed by atoms with Gasteiger partial charge in [-0.15, -0.1) is 0 Å². The van der Waals surface area contributed by atoms with Crippen molar-refractivity contribution in [3.05, 3.63) is 0 Å². The van der Waals surface area contributed by atoms with E-state index in [1.807, 2.05) is 13.8 Å². The number of carboxylic acid groups (broad SMARTS) is 1. The van der Waals surface area contributed by atoms with Crippen molar-refractivity contribution in [2.75, 3.05) is 20.3 Å². The van der Waals surface area contributed by atoms with Gasteiger partial charge in [-0.2, -0.15) is 0 Å². The average Bonchev–Trinajstić information content (AvgIpc) is 2.13. The fourth-order valence-corrected chi connectivity index (χ4v) is 1.59. The summed E-state index contributed by atoms with van der Waals surface area (Å²) in [5.74, 6) is -0.629. The summed E-state index contributed by atoms with van der Waals surface area (Å²) in [6.45, 7) is 4.48. The van der Waals surface area contributed by atoms with E-state index in [4.69, 9.17) is 5.11 Å². The molecule has 0 bridgehead atoms. The Morgan fingerprint density at radius 1 is 1.38 bits per heavy atom. The molecule has 0 aromatic carbocycles. The van der Waals surface area contributed by atoms with E-state index in [1.54, 1.807) is 0 Å². The van der Waals surface area contributed by atoms with E-state index >= 15 is 0 Å². The van der Waals surface area contributed by atoms with Crippen molar-refractivity contribution in [2.24, 2.45) is 11.8 Å². The van der Waals surface area contributed by atoms with E-state index in [1.165, 1.54) is 7.11 Å². The molecular formula is C11H21NO4. The maximum absolute atomic E-state index is 11.1. The first-order chi connectivity index (χ1) is 7.45. The van der Waals surface area contributed by atoms with Crippen LogP contribution < -0.4 is 5.32 Å². The highest BCUT2D eigenvalue weighted by Crippen LogP contribution is 2.14. The molecular weight excluding hydrogens is 210 g/mol. The molecule has 1 unspecified atom stereocenters. The Morgan fingerprint density at radius 3 is 2.44 bits per heavy atom. The second kappa shape index (κ2) is 8.10. The van der Waals surface area contributed by atoms with Gasteiger partial charge in [0.05, 0.1) is 0 Å². The SMILES string of the molecule is COCC(=O)NCC(CC(=O)O)CC(C)C. The maximum atomic E-state index is 11.1. The molecule has 0 aliphatic carbocycles. The topological polar surface area (TPSA) is 75.6 Å². The largest absolute Gasteiger partial charge is 0.481 e. The van der Waals surface area contributed by atoms with Gasteiger partial charge in [0.25, 0.3) is 0 Å². The third-order valence-corrected chi connectivity index (χ3v) is 2.13. The van der Waals surface area contributed by atoms with Gasteiger partial charge < -0.3 is 15.2 Å². The van der Waals surface area contributed by atoms with Gasteiger partial charge in [-0.1, -0.05) is 13.8 Å². The Labute approximate surface area is 96.2 Å². The number of hydrogen-bond donors (Lipinski definition) is 2. The van der Waals surface area contributed by atoms with Crippen LogP contribution in [0.25, 0.3) is 0 Å². The first kappa shape index (κ1) is 14.9. The number of rotatable bonds is 8. The molecule has 0 saturated carbocycles. The molecule has 0 heterocycles. The van der Waals surface area contributed by atoms with Gasteiger partial charge in [-0.25, -0.2) is 0 Å². The zero-order valence-electron chi connectivity index (χ0n) is 10.2. The minimum absolute atomic E-state index is 0.0153. The predicted molar refractivity (Wildman–Crippen MR) is 60.1 cm³/mol. The second-order valence-electron chi connectivity index (χ2n) is 4.33. The van der Waals surface area contributed by atoms with E-state index < -0.39 is 5.97 Å². The van der Waals surface area contributed by atoms with Crippen LogP contribution in [-0.2, 0) is 14.3 Å². The van der Waals surface area contributed by atoms with Crippen LogP contribution >= 0.6 is 0 Å². The summed E-state index contributed by atoms with van der Waals surface area (Å²) in [5.41, 5.74) is 0. The molecule has 0 aromatic heterocycles. The lowest BCUT2D eigenvalue weighted by Gasteiger charge is -2.17. The molecule has 2 N–H and O–H groups in total. The summed E-state index contributed by atoms with van der Waals surface area (Å²) in [6.07, 6.45) is 0.880. The van der Waals surface area contributed by atoms with Gasteiger partial charge in [-0.3, -0.25) is 9.59 Å². The van der Waals surface area contributed by atoms with Crippen molar-refractivity contribution in [2.45, 2.75) is 26.7 Å². The van der Waals surface area contributed by atoms with Gasteiger partial charge in [0.2, 0.25) is 5.91 Å². The number of carboxylic acids is 1. The third kappa shape index (κ3) is 8.23. The van der Waals surface area contributed by atoms with E-state index in [2.05, 4.69) is 10.1 Å². The van der Waals surface area contributed by atoms with E-state index in [-0.39, 0.29) is 24.9 Å². The third-order valence-electron chi connectivity index (χ3n) is 2.13. The number of methoxy groups -OCH3 is 1. The van der Waals surface area contributed by atoms with Gasteiger partial charge >= 0.3 is 5.97 Å². The lowest BCUT2D eigenvalue weighted by atomic mass is 9.94. The summed E-state index contributed by atoms with van der Waals surface area (Å²) in [5, 5.41) is 11.4. The Morgan fingerprint density at radius 2 is 2.00 bits per heavy atom. The van der Waals surface area contributed by atoms with Crippen LogP contribution in [0.15, 0.2) is 0 Å². The first-order valence-electron chi connectivity index (χ1n) is 5.43. The van der Waals surface area contributed by atoms with Crippen molar-refractivity contribution in [1.82, 2.24) is 5.32 Å². The molecule has 5 heteroatoms. The predicted octanol–water partition coefficient (Wildman–Crippen LogP) is 0.886. The minimum Gasteiger partial charge on any atom is -0.481 e. The van der Waals surface area contributed by atoms with E-state index in [0.717, 1.165) is 6.42 Å². The number of ether oxygens (including phenoxy) is 1. The van der Waals surface area contributed by atoms with E-state index in [0.29, 0.717) is 12.5 Å². The van der Waals surface area contributed by atoms with Crippen LogP contribution in [-0.4, -0.2) is 37.2 Å². The Balaban J connectivity index is 4.00. The minimum atomic E-state index is -0.827. The van der Waals surface area contributed by atoms with Crippen molar-refractivity contribution in [3.63, 3.8) is 0 Å². The second-order valence-corrected chi connectivity index (χ2v) is 4.33. The van der Waals surface area contributed by atoms with Crippen LogP contribution in [0.2, 0.25) is 0 Å². The van der Waals surface area contributed by atoms with Crippen LogP contribution in [0.1, 0.15) is 26.7 Å². The summed E-state index contributed by atoms with van der Waals surface area (Å²) in [7, 11) is 1.45. The summed E-state index contributed by atoms with van der Waals surface area (Å²) in [6, 6.07) is 0. The lowest BCUT2D eigenvalue weighted by Crippen LogP contribution is -2.33. The van der Waals surface area contributed by atoms with Gasteiger partial charge in [-0.05, 0) is 18.3 Å². The number of hydrogen-bond acceptors (Lipinski definition) is 3. The van der Waals surface area contributed by atoms with Crippen LogP contribution in [0.4, 0.5) is 0 Å². The Hall–Kier alpha value is -1.10. The van der Waals surface area contributed by atoms with Gasteiger partial charge in [0, 0.05) is 20.1 Å². The molecule has 0 rings (SSSR count). The smallest absolute Gasteiger partial charge is 0.303 e. The molecule has 0 fully saturated rings. The Bertz CT molecular complexity index is 228. The summed E-state index contributed by atoms with van der Waals surface area (Å²) >= 11 is 0. The molecule has 16 heavy (non-hydrogen) atoms. The highest BCUT2D eigenvalue weighted by molar-refractivity contribution is 5.77. The van der Waals surface area contributed by atoms with Crippen molar-refractivity contribution >= 4 is 11.9 Å². The zero-order valence-corrected chi connectivity index (χ0v) is 10.2. The molecule has 1 atom stereocenters. The number of nitrogens with one attached hydrogen (secondary N) is 1. The Kier molecular flexibility index (Phi) is 7.54. The van der Waals surface area contributed by atoms with E-state index in [9.17, 15) is 9.59 Å². The fraction of sp³-hybridized carbons (Fsp3) is 0.818. The van der Waals surface area contributed by atoms with Gasteiger partial charge in [0.15, 0.2) is 0 Å². The average molecular weight is 231 g/mol. The van der Waals surface area contributed by atoms with Crippen molar-refractivity contribution < 1.29 is 19.4 Å². The quantitative estimate of drug-likeness (QED) is 0.650. The highest BCUT2D eigenvalue weighted by atomic mass is 16.5. The molecule has 1 amide bonds. The molecule has 94 valence electrons. The molecule has 0 radical (unpaired) electrons. The highest BCUT2D eigenvalue weighted by Gasteiger charge is 2.15. The molecule has 0 spiro atoms. The molecule has 0 aromatic rings. The molecule has 0 aliphatic heterocycles. The lowest BCUT2D eigenvalue weighted by molar-refractivity contribution is -0.138. The number of carbonyl (C=O) groups is 2. The van der Waals surface area contributed by atoms with Crippen molar-refractivity contribution in [1.29, 1.82) is 0 Å². The molecule has 0 aliphatic rings. The maximum Gasteiger partial charge on any atom is 0.303 e. The standard InChI is InChI=1S/C11H21NO4/c1-8(2)4-9(5-11(14)15)6-12-10(13)7-16-3/h8-9H,4-7H2,1-3H3,(H,12,13)(H,14,15). The number of carbonyl (C=O) groups excluding carboxylic acids is 1. The monoisotopic (exact) mass is 231 g/mol. The zero-order chi connectivity index (χ0) is 12.6. The first-order valence-corrected chi connectivity index (χ1v) is 5.43. The number of aliphatic carboxylic acids is 1. The fourth-order valence-electron chi connectivity index (χ4n) is 1.59. The number of amides is 1. The van der Waals surface area contributed by atoms with Gasteiger partial charge in [0.1, 0.15) is 6.61 Å². The van der Waals surface area contributed by atoms with Crippen LogP contribution in [0.5, 0.6) is 0 Å². The molecule has 0 saturated heterocycles. The summed E-state index contributed by atoms with van der Waals surface area (Å²) in [4.78, 5) is 21.8. The van der Waals surface area contributed by atoms with Crippen LogP contribution in [0, 0.1) is 11.8 Å². The molecule has 5 nitrogen and oxygen atoms in total. The van der Waals surface area contributed by atoms with Crippen LogP contribution in [0.3, 0.4) is 0 Å². The summed E-state index contributed by atoms with van der Waals surface area (Å²) < 4.78 is 4.67.